The highest BCUT2D eigenvalue weighted by Gasteiger charge is 2.38. The zero-order valence-electron chi connectivity index (χ0n) is 11.6. The largest absolute Gasteiger partial charge is 0.367 e. The topological polar surface area (TPSA) is 15.3 Å². The molecule has 2 heteroatoms. The summed E-state index contributed by atoms with van der Waals surface area (Å²) in [5, 5.41) is 3.86. The third kappa shape index (κ3) is 2.03. The summed E-state index contributed by atoms with van der Waals surface area (Å²) in [4.78, 5) is 2.60. The van der Waals surface area contributed by atoms with Crippen molar-refractivity contribution >= 4 is 5.69 Å². The SMILES string of the molecule is CC(C)N1CC2(CCCC2)NCc2ccccc21. The van der Waals surface area contributed by atoms with E-state index in [1.807, 2.05) is 0 Å². The third-order valence-electron chi connectivity index (χ3n) is 4.61. The predicted molar refractivity (Wildman–Crippen MR) is 77.0 cm³/mol. The summed E-state index contributed by atoms with van der Waals surface area (Å²) in [6.45, 7) is 6.82. The first kappa shape index (κ1) is 12.0. The zero-order chi connectivity index (χ0) is 12.6. The van der Waals surface area contributed by atoms with Gasteiger partial charge >= 0.3 is 0 Å². The van der Waals surface area contributed by atoms with Crippen molar-refractivity contribution in [3.63, 3.8) is 0 Å². The van der Waals surface area contributed by atoms with Gasteiger partial charge in [0.2, 0.25) is 0 Å². The van der Waals surface area contributed by atoms with Crippen LogP contribution in [0, 0.1) is 0 Å². The first-order chi connectivity index (χ1) is 8.70. The summed E-state index contributed by atoms with van der Waals surface area (Å²) in [7, 11) is 0. The van der Waals surface area contributed by atoms with Gasteiger partial charge in [-0.05, 0) is 38.3 Å². The molecule has 2 aliphatic rings. The lowest BCUT2D eigenvalue weighted by Crippen LogP contribution is -2.51. The second kappa shape index (κ2) is 4.58. The van der Waals surface area contributed by atoms with Crippen LogP contribution in [0.4, 0.5) is 5.69 Å². The van der Waals surface area contributed by atoms with Gasteiger partial charge in [0.05, 0.1) is 0 Å². The molecule has 0 aromatic heterocycles. The first-order valence-corrected chi connectivity index (χ1v) is 7.30. The van der Waals surface area contributed by atoms with E-state index >= 15 is 0 Å². The molecule has 1 spiro atoms. The van der Waals surface area contributed by atoms with Gasteiger partial charge in [-0.2, -0.15) is 0 Å². The van der Waals surface area contributed by atoms with Crippen LogP contribution in [-0.4, -0.2) is 18.1 Å². The highest BCUT2D eigenvalue weighted by Crippen LogP contribution is 2.36. The normalized spacial score (nSPS) is 22.3. The van der Waals surface area contributed by atoms with Gasteiger partial charge in [-0.1, -0.05) is 31.0 Å². The Morgan fingerprint density at radius 1 is 1.17 bits per heavy atom. The van der Waals surface area contributed by atoms with Crippen LogP contribution in [0.2, 0.25) is 0 Å². The Bertz CT molecular complexity index is 419. The summed E-state index contributed by atoms with van der Waals surface area (Å²) >= 11 is 0. The Morgan fingerprint density at radius 3 is 2.61 bits per heavy atom. The number of anilines is 1. The Hall–Kier alpha value is -1.02. The summed E-state index contributed by atoms with van der Waals surface area (Å²) in [5.74, 6) is 0. The zero-order valence-corrected chi connectivity index (χ0v) is 11.6. The van der Waals surface area contributed by atoms with Crippen molar-refractivity contribution in [2.75, 3.05) is 11.4 Å². The number of rotatable bonds is 1. The maximum Gasteiger partial charge on any atom is 0.0414 e. The number of hydrogen-bond acceptors (Lipinski definition) is 2. The van der Waals surface area contributed by atoms with E-state index in [1.165, 1.54) is 43.5 Å². The molecule has 0 unspecified atom stereocenters. The van der Waals surface area contributed by atoms with Gasteiger partial charge in [-0.3, -0.25) is 0 Å². The van der Waals surface area contributed by atoms with E-state index in [0.29, 0.717) is 11.6 Å². The van der Waals surface area contributed by atoms with Gasteiger partial charge in [0, 0.05) is 30.4 Å². The molecule has 1 aliphatic carbocycles. The lowest BCUT2D eigenvalue weighted by atomic mass is 9.96. The maximum atomic E-state index is 3.86. The predicted octanol–water partition coefficient (Wildman–Crippen LogP) is 3.32. The third-order valence-corrected chi connectivity index (χ3v) is 4.61. The minimum absolute atomic E-state index is 0.364. The quantitative estimate of drug-likeness (QED) is 0.815. The summed E-state index contributed by atoms with van der Waals surface area (Å²) in [5.41, 5.74) is 3.25. The van der Waals surface area contributed by atoms with Crippen molar-refractivity contribution in [2.24, 2.45) is 0 Å². The molecule has 1 fully saturated rings. The molecule has 0 radical (unpaired) electrons. The van der Waals surface area contributed by atoms with E-state index < -0.39 is 0 Å². The smallest absolute Gasteiger partial charge is 0.0414 e. The molecule has 1 aromatic carbocycles. The van der Waals surface area contributed by atoms with Crippen LogP contribution in [0.5, 0.6) is 0 Å². The van der Waals surface area contributed by atoms with Crippen molar-refractivity contribution in [1.82, 2.24) is 5.32 Å². The monoisotopic (exact) mass is 244 g/mol. The van der Waals surface area contributed by atoms with Gasteiger partial charge in [-0.15, -0.1) is 0 Å². The van der Waals surface area contributed by atoms with E-state index in [0.717, 1.165) is 6.54 Å². The van der Waals surface area contributed by atoms with Crippen molar-refractivity contribution < 1.29 is 0 Å². The molecule has 3 rings (SSSR count). The summed E-state index contributed by atoms with van der Waals surface area (Å²) in [6, 6.07) is 9.45. The van der Waals surface area contributed by atoms with E-state index in [1.54, 1.807) is 0 Å². The van der Waals surface area contributed by atoms with Crippen LogP contribution in [0.1, 0.15) is 45.1 Å². The van der Waals surface area contributed by atoms with E-state index in [2.05, 4.69) is 48.3 Å². The summed E-state index contributed by atoms with van der Waals surface area (Å²) < 4.78 is 0. The number of nitrogens with one attached hydrogen (secondary N) is 1. The van der Waals surface area contributed by atoms with Gasteiger partial charge in [-0.25, -0.2) is 0 Å². The molecular formula is C16H24N2. The van der Waals surface area contributed by atoms with Crippen LogP contribution in [0.15, 0.2) is 24.3 Å². The number of para-hydroxylation sites is 1. The maximum absolute atomic E-state index is 3.86. The molecule has 1 heterocycles. The van der Waals surface area contributed by atoms with Crippen LogP contribution < -0.4 is 10.2 Å². The fourth-order valence-electron chi connectivity index (χ4n) is 3.54. The average Bonchev–Trinajstić information content (AvgIpc) is 2.75. The van der Waals surface area contributed by atoms with Crippen LogP contribution in [0.25, 0.3) is 0 Å². The van der Waals surface area contributed by atoms with Crippen molar-refractivity contribution in [1.29, 1.82) is 0 Å². The fraction of sp³-hybridized carbons (Fsp3) is 0.625. The molecule has 1 N–H and O–H groups in total. The van der Waals surface area contributed by atoms with E-state index in [-0.39, 0.29) is 0 Å². The van der Waals surface area contributed by atoms with Crippen LogP contribution in [0.3, 0.4) is 0 Å². The number of fused-ring (bicyclic) bond motifs is 1. The Morgan fingerprint density at radius 2 is 1.89 bits per heavy atom. The number of benzene rings is 1. The molecule has 1 aliphatic heterocycles. The first-order valence-electron chi connectivity index (χ1n) is 7.30. The number of nitrogens with zero attached hydrogens (tertiary/aromatic N) is 1. The molecule has 98 valence electrons. The molecular weight excluding hydrogens is 220 g/mol. The van der Waals surface area contributed by atoms with Crippen molar-refractivity contribution in [2.45, 2.75) is 57.7 Å². The molecule has 0 amide bonds. The molecule has 2 nitrogen and oxygen atoms in total. The van der Waals surface area contributed by atoms with E-state index in [9.17, 15) is 0 Å². The second-order valence-corrected chi connectivity index (χ2v) is 6.19. The Balaban J connectivity index is 1.97. The fourth-order valence-corrected chi connectivity index (χ4v) is 3.54. The summed E-state index contributed by atoms with van der Waals surface area (Å²) in [6.07, 6.45) is 5.44. The molecule has 1 saturated carbocycles. The Labute approximate surface area is 110 Å². The van der Waals surface area contributed by atoms with Crippen molar-refractivity contribution in [3.05, 3.63) is 29.8 Å². The lowest BCUT2D eigenvalue weighted by molar-refractivity contribution is 0.333. The lowest BCUT2D eigenvalue weighted by Gasteiger charge is -2.37. The molecule has 1 aromatic rings. The number of hydrogen-bond donors (Lipinski definition) is 1. The molecule has 18 heavy (non-hydrogen) atoms. The second-order valence-electron chi connectivity index (χ2n) is 6.19. The van der Waals surface area contributed by atoms with Gasteiger partial charge in [0.15, 0.2) is 0 Å². The van der Waals surface area contributed by atoms with E-state index in [4.69, 9.17) is 0 Å². The van der Waals surface area contributed by atoms with Crippen molar-refractivity contribution in [3.8, 4) is 0 Å². The minimum atomic E-state index is 0.364. The minimum Gasteiger partial charge on any atom is -0.367 e. The highest BCUT2D eigenvalue weighted by molar-refractivity contribution is 5.55. The molecule has 0 saturated heterocycles. The molecule has 0 atom stereocenters. The standard InChI is InChI=1S/C16H24N2/c1-13(2)18-12-16(9-5-6-10-16)17-11-14-7-3-4-8-15(14)18/h3-4,7-8,13,17H,5-6,9-12H2,1-2H3. The van der Waals surface area contributed by atoms with Gasteiger partial charge < -0.3 is 10.2 Å². The van der Waals surface area contributed by atoms with Crippen LogP contribution >= 0.6 is 0 Å². The average molecular weight is 244 g/mol. The van der Waals surface area contributed by atoms with Gasteiger partial charge in [0.25, 0.3) is 0 Å². The molecule has 0 bridgehead atoms. The Kier molecular flexibility index (Phi) is 3.06. The van der Waals surface area contributed by atoms with Crippen LogP contribution in [-0.2, 0) is 6.54 Å². The highest BCUT2D eigenvalue weighted by atomic mass is 15.2. The van der Waals surface area contributed by atoms with Gasteiger partial charge in [0.1, 0.15) is 0 Å².